The fourth-order valence-electron chi connectivity index (χ4n) is 3.48. The predicted molar refractivity (Wildman–Crippen MR) is 159 cm³/mol. The predicted octanol–water partition coefficient (Wildman–Crippen LogP) is 11.2. The van der Waals surface area contributed by atoms with Gasteiger partial charge in [-0.05, 0) is 51.5 Å². The molecule has 2 nitrogen and oxygen atoms in total. The first kappa shape index (κ1) is 35.2. The van der Waals surface area contributed by atoms with Gasteiger partial charge in [-0.1, -0.05) is 81.8 Å². The van der Waals surface area contributed by atoms with Crippen LogP contribution in [0.25, 0.3) is 0 Å². The summed E-state index contributed by atoms with van der Waals surface area (Å²) >= 11 is 19.3. The number of hydrogen-bond acceptors (Lipinski definition) is 2. The first-order chi connectivity index (χ1) is 16.9. The van der Waals surface area contributed by atoms with Crippen LogP contribution in [0.2, 0.25) is 5.02 Å². The van der Waals surface area contributed by atoms with Crippen molar-refractivity contribution in [3.63, 3.8) is 0 Å². The maximum absolute atomic E-state index is 14.6. The van der Waals surface area contributed by atoms with E-state index in [-0.39, 0.29) is 10.7 Å². The lowest BCUT2D eigenvalue weighted by Gasteiger charge is -2.31. The van der Waals surface area contributed by atoms with Crippen molar-refractivity contribution < 1.29 is 13.2 Å². The molecule has 0 saturated carbocycles. The Hall–Kier alpha value is -1.82. The van der Waals surface area contributed by atoms with Crippen molar-refractivity contribution in [3.05, 3.63) is 82.7 Å². The molecule has 2 N–H and O–H groups in total. The van der Waals surface area contributed by atoms with E-state index in [1.54, 1.807) is 25.1 Å². The molecule has 0 amide bonds. The fourth-order valence-corrected chi connectivity index (χ4v) is 4.16. The molecule has 0 spiro atoms. The van der Waals surface area contributed by atoms with E-state index < -0.39 is 27.5 Å². The average molecular weight is 580 g/mol. The van der Waals surface area contributed by atoms with E-state index in [9.17, 15) is 13.2 Å². The van der Waals surface area contributed by atoms with Gasteiger partial charge in [0.25, 0.3) is 5.92 Å². The third-order valence-electron chi connectivity index (χ3n) is 5.38. The molecule has 0 radical (unpaired) electrons. The molecule has 0 saturated heterocycles. The van der Waals surface area contributed by atoms with E-state index in [0.29, 0.717) is 18.3 Å². The maximum atomic E-state index is 14.6. The minimum absolute atomic E-state index is 0.202. The maximum Gasteiger partial charge on any atom is 0.284 e. The highest BCUT2D eigenvalue weighted by atomic mass is 35.5. The zero-order valence-electron chi connectivity index (χ0n) is 23.2. The molecule has 8 heteroatoms. The van der Waals surface area contributed by atoms with Crippen molar-refractivity contribution in [3.8, 4) is 0 Å². The zero-order chi connectivity index (χ0) is 29.4. The van der Waals surface area contributed by atoms with Gasteiger partial charge in [-0.15, -0.1) is 23.2 Å². The molecular formula is C29H40Cl3F3N2. The van der Waals surface area contributed by atoms with E-state index in [1.807, 2.05) is 59.7 Å². The van der Waals surface area contributed by atoms with Crippen LogP contribution in [0.4, 0.5) is 24.5 Å². The van der Waals surface area contributed by atoms with E-state index in [2.05, 4.69) is 23.8 Å². The van der Waals surface area contributed by atoms with Gasteiger partial charge in [0.2, 0.25) is 5.67 Å². The molecule has 2 aromatic rings. The van der Waals surface area contributed by atoms with E-state index in [0.717, 1.165) is 23.6 Å². The smallest absolute Gasteiger partial charge is 0.284 e. The minimum atomic E-state index is -3.64. The third kappa shape index (κ3) is 9.77. The molecule has 208 valence electrons. The molecule has 2 rings (SSSR count). The fraction of sp³-hybridized carbons (Fsp3) is 0.448. The summed E-state index contributed by atoms with van der Waals surface area (Å²) in [6.45, 7) is 22.5. The lowest BCUT2D eigenvalue weighted by molar-refractivity contribution is -0.0931. The van der Waals surface area contributed by atoms with Crippen LogP contribution < -0.4 is 10.6 Å². The normalized spacial score (nSPS) is 13.6. The summed E-state index contributed by atoms with van der Waals surface area (Å²) in [4.78, 5) is 0. The Kier molecular flexibility index (Phi) is 13.7. The van der Waals surface area contributed by atoms with Crippen LogP contribution in [0.1, 0.15) is 71.1 Å². The van der Waals surface area contributed by atoms with Gasteiger partial charge in [0.05, 0.1) is 22.3 Å². The van der Waals surface area contributed by atoms with Crippen LogP contribution in [0.15, 0.2) is 61.0 Å². The van der Waals surface area contributed by atoms with Crippen LogP contribution in [0.3, 0.4) is 0 Å². The van der Waals surface area contributed by atoms with Gasteiger partial charge in [-0.2, -0.15) is 0 Å². The van der Waals surface area contributed by atoms with E-state index in [4.69, 9.17) is 34.8 Å². The molecule has 0 aliphatic carbocycles. The van der Waals surface area contributed by atoms with Crippen molar-refractivity contribution >= 4 is 46.2 Å². The largest absolute Gasteiger partial charge is 0.359 e. The summed E-state index contributed by atoms with van der Waals surface area (Å²) in [7, 11) is 0. The number of rotatable bonds is 9. The first-order valence-electron chi connectivity index (χ1n) is 12.2. The second-order valence-corrected chi connectivity index (χ2v) is 10.8. The van der Waals surface area contributed by atoms with E-state index >= 15 is 0 Å². The summed E-state index contributed by atoms with van der Waals surface area (Å²) < 4.78 is 40.7. The summed E-state index contributed by atoms with van der Waals surface area (Å²) in [6, 6.07) is 10.8. The Morgan fingerprint density at radius 2 is 1.32 bits per heavy atom. The highest BCUT2D eigenvalue weighted by Gasteiger charge is 2.49. The van der Waals surface area contributed by atoms with Crippen molar-refractivity contribution in [1.29, 1.82) is 0 Å². The number of aryl methyl sites for hydroxylation is 2. The van der Waals surface area contributed by atoms with Gasteiger partial charge in [-0.3, -0.25) is 0 Å². The number of allylic oxidation sites excluding steroid dienone is 2. The van der Waals surface area contributed by atoms with Gasteiger partial charge in [0.15, 0.2) is 0 Å². The minimum Gasteiger partial charge on any atom is -0.359 e. The molecule has 2 aromatic carbocycles. The summed E-state index contributed by atoms with van der Waals surface area (Å²) in [5, 5.41) is 5.94. The average Bonchev–Trinajstić information content (AvgIpc) is 2.76. The number of nitrogens with one attached hydrogen (secondary N) is 2. The van der Waals surface area contributed by atoms with E-state index in [1.165, 1.54) is 0 Å². The van der Waals surface area contributed by atoms with Crippen molar-refractivity contribution in [2.45, 2.75) is 84.2 Å². The van der Waals surface area contributed by atoms with Crippen LogP contribution in [0.5, 0.6) is 0 Å². The summed E-state index contributed by atoms with van der Waals surface area (Å²) in [6.07, 6.45) is 0. The Balaban J connectivity index is 0.00000308. The van der Waals surface area contributed by atoms with Crippen LogP contribution >= 0.6 is 34.8 Å². The third-order valence-corrected chi connectivity index (χ3v) is 6.15. The second-order valence-electron chi connectivity index (χ2n) is 8.65. The highest BCUT2D eigenvalue weighted by Crippen LogP contribution is 2.43. The number of alkyl halides is 5. The molecule has 37 heavy (non-hydrogen) atoms. The lowest BCUT2D eigenvalue weighted by atomic mass is 9.90. The summed E-state index contributed by atoms with van der Waals surface area (Å²) in [5.74, 6) is -4.12. The molecule has 2 unspecified atom stereocenters. The van der Waals surface area contributed by atoms with Crippen LogP contribution in [0, 0.1) is 13.8 Å². The zero-order valence-corrected chi connectivity index (χ0v) is 25.5. The molecular weight excluding hydrogens is 540 g/mol. The number of halogens is 6. The van der Waals surface area contributed by atoms with Crippen molar-refractivity contribution in [2.75, 3.05) is 10.6 Å². The Labute approximate surface area is 236 Å². The lowest BCUT2D eigenvalue weighted by Crippen LogP contribution is -2.42. The number of hydrogen-bond donors (Lipinski definition) is 2. The number of benzene rings is 2. The number of anilines is 2. The van der Waals surface area contributed by atoms with Gasteiger partial charge in [0.1, 0.15) is 4.33 Å². The molecule has 0 heterocycles. The Morgan fingerprint density at radius 1 is 0.838 bits per heavy atom. The molecule has 0 aliphatic rings. The topological polar surface area (TPSA) is 24.1 Å². The quantitative estimate of drug-likeness (QED) is 0.289. The Bertz CT molecular complexity index is 1040. The van der Waals surface area contributed by atoms with Gasteiger partial charge < -0.3 is 10.6 Å². The monoisotopic (exact) mass is 578 g/mol. The Morgan fingerprint density at radius 3 is 1.76 bits per heavy atom. The van der Waals surface area contributed by atoms with Gasteiger partial charge >= 0.3 is 0 Å². The van der Waals surface area contributed by atoms with Crippen molar-refractivity contribution in [2.24, 2.45) is 0 Å². The summed E-state index contributed by atoms with van der Waals surface area (Å²) in [5.41, 5.74) is 0.723. The molecule has 0 aliphatic heterocycles. The first-order valence-corrected chi connectivity index (χ1v) is 13.3. The molecule has 0 fully saturated rings. The van der Waals surface area contributed by atoms with Gasteiger partial charge in [0, 0.05) is 18.3 Å². The van der Waals surface area contributed by atoms with Crippen LogP contribution in [-0.2, 0) is 0 Å². The van der Waals surface area contributed by atoms with Crippen molar-refractivity contribution in [1.82, 2.24) is 0 Å². The second kappa shape index (κ2) is 14.4. The molecule has 0 aromatic heterocycles. The van der Waals surface area contributed by atoms with Crippen LogP contribution in [-0.4, -0.2) is 15.9 Å². The SMILES string of the molecule is C=C(Nc1ccc(Cl)c(NC(=C)C(C)(F)C(C)(F)F)c1)C(c1cc(C)cc(C)c1)C(C)(Cl)Cl.CC.CC. The highest BCUT2D eigenvalue weighted by molar-refractivity contribution is 6.48. The van der Waals surface area contributed by atoms with Gasteiger partial charge in [-0.25, -0.2) is 13.2 Å². The standard InChI is InChI=1S/C25H28Cl3F3N2.2C2H6/c1-14-10-15(2)12-18(11-14)22(24(6,27)28)16(3)32-19-8-9-20(26)21(13-19)33-17(4)23(5,29)25(7,30)31;2*1-2/h8-13,22,32-33H,3-4H2,1-2,5-7H3;2*1-2H3. The molecule has 2 atom stereocenters. The molecule has 0 bridgehead atoms.